The number of carbonyl (C=O) groups excluding carboxylic acids is 2. The fourth-order valence-electron chi connectivity index (χ4n) is 2.07. The van der Waals surface area contributed by atoms with E-state index in [1.807, 2.05) is 20.8 Å². The van der Waals surface area contributed by atoms with Crippen LogP contribution in [0.4, 0.5) is 5.95 Å². The van der Waals surface area contributed by atoms with E-state index >= 15 is 0 Å². The lowest BCUT2D eigenvalue weighted by atomic mass is 10.1. The summed E-state index contributed by atoms with van der Waals surface area (Å²) >= 11 is 0. The number of carbonyl (C=O) groups is 2. The molecule has 1 aromatic heterocycles. The van der Waals surface area contributed by atoms with Gasteiger partial charge in [0.05, 0.1) is 0 Å². The molecule has 7 heteroatoms. The first-order valence-corrected chi connectivity index (χ1v) is 6.99. The van der Waals surface area contributed by atoms with Gasteiger partial charge in [0.15, 0.2) is 0 Å². The van der Waals surface area contributed by atoms with Crippen molar-refractivity contribution in [2.45, 2.75) is 26.3 Å². The van der Waals surface area contributed by atoms with Gasteiger partial charge in [-0.05, 0) is 26.8 Å². The van der Waals surface area contributed by atoms with Crippen LogP contribution < -0.4 is 5.32 Å². The normalized spacial score (nSPS) is 15.8. The van der Waals surface area contributed by atoms with Gasteiger partial charge in [0.2, 0.25) is 12.4 Å². The highest BCUT2D eigenvalue weighted by atomic mass is 16.2. The molecule has 1 aliphatic rings. The Hall–Kier alpha value is -2.18. The van der Waals surface area contributed by atoms with Crippen LogP contribution in [0.15, 0.2) is 12.3 Å². The third-order valence-electron chi connectivity index (χ3n) is 3.11. The van der Waals surface area contributed by atoms with Crippen molar-refractivity contribution in [1.82, 2.24) is 19.8 Å². The number of rotatable bonds is 3. The van der Waals surface area contributed by atoms with Crippen molar-refractivity contribution in [3.63, 3.8) is 0 Å². The number of nitrogens with one attached hydrogen (secondary N) is 1. The molecule has 1 saturated heterocycles. The Labute approximate surface area is 124 Å². The molecule has 1 fully saturated rings. The minimum atomic E-state index is -0.169. The van der Waals surface area contributed by atoms with Crippen LogP contribution in [0, 0.1) is 0 Å². The van der Waals surface area contributed by atoms with E-state index in [0.717, 1.165) is 6.41 Å². The quantitative estimate of drug-likeness (QED) is 0.825. The number of aromatic nitrogens is 2. The summed E-state index contributed by atoms with van der Waals surface area (Å²) in [5, 5.41) is 3.15. The number of nitrogens with zero attached hydrogens (tertiary/aromatic N) is 4. The molecule has 2 heterocycles. The molecular formula is C14H21N5O2. The monoisotopic (exact) mass is 291 g/mol. The van der Waals surface area contributed by atoms with Crippen molar-refractivity contribution in [2.24, 2.45) is 0 Å². The lowest BCUT2D eigenvalue weighted by Crippen LogP contribution is -2.48. The molecule has 0 unspecified atom stereocenters. The Morgan fingerprint density at radius 3 is 2.52 bits per heavy atom. The van der Waals surface area contributed by atoms with Crippen molar-refractivity contribution >= 4 is 18.3 Å². The molecule has 2 rings (SSSR count). The van der Waals surface area contributed by atoms with Gasteiger partial charge in [-0.1, -0.05) is 0 Å². The van der Waals surface area contributed by atoms with Gasteiger partial charge in [0.25, 0.3) is 5.91 Å². The van der Waals surface area contributed by atoms with E-state index in [2.05, 4.69) is 15.3 Å². The maximum atomic E-state index is 12.4. The largest absolute Gasteiger partial charge is 0.350 e. The molecule has 0 bridgehead atoms. The lowest BCUT2D eigenvalue weighted by molar-refractivity contribution is -0.119. The van der Waals surface area contributed by atoms with Crippen molar-refractivity contribution in [3.8, 4) is 0 Å². The van der Waals surface area contributed by atoms with Gasteiger partial charge in [-0.25, -0.2) is 9.97 Å². The number of hydrogen-bond acceptors (Lipinski definition) is 5. The number of amides is 2. The van der Waals surface area contributed by atoms with Gasteiger partial charge < -0.3 is 15.1 Å². The first kappa shape index (κ1) is 15.2. The van der Waals surface area contributed by atoms with Crippen molar-refractivity contribution in [3.05, 3.63) is 18.0 Å². The summed E-state index contributed by atoms with van der Waals surface area (Å²) in [4.78, 5) is 34.9. The van der Waals surface area contributed by atoms with Crippen molar-refractivity contribution in [1.29, 1.82) is 0 Å². The minimum absolute atomic E-state index is 0.125. The molecule has 2 amide bonds. The Bertz CT molecular complexity index is 518. The second-order valence-electron chi connectivity index (χ2n) is 6.07. The van der Waals surface area contributed by atoms with Crippen LogP contribution in [0.5, 0.6) is 0 Å². The van der Waals surface area contributed by atoms with E-state index in [1.54, 1.807) is 22.1 Å². The average Bonchev–Trinajstić information content (AvgIpc) is 2.45. The zero-order valence-electron chi connectivity index (χ0n) is 12.7. The standard InChI is InChI=1S/C14H21N5O2/c1-14(2,3)17-13-15-5-4-11(16-13)12(21)19-8-6-18(10-20)7-9-19/h4-5,10H,6-9H2,1-3H3,(H,15,16,17). The summed E-state index contributed by atoms with van der Waals surface area (Å²) in [5.74, 6) is 0.319. The highest BCUT2D eigenvalue weighted by molar-refractivity contribution is 5.92. The van der Waals surface area contributed by atoms with Crippen LogP contribution in [-0.4, -0.2) is 63.8 Å². The van der Waals surface area contributed by atoms with Crippen LogP contribution in [0.1, 0.15) is 31.3 Å². The Morgan fingerprint density at radius 1 is 1.29 bits per heavy atom. The van der Waals surface area contributed by atoms with Gasteiger partial charge in [0.1, 0.15) is 5.69 Å². The lowest BCUT2D eigenvalue weighted by Gasteiger charge is -2.32. The van der Waals surface area contributed by atoms with E-state index in [4.69, 9.17) is 0 Å². The molecule has 0 aromatic carbocycles. The van der Waals surface area contributed by atoms with Crippen molar-refractivity contribution in [2.75, 3.05) is 31.5 Å². The topological polar surface area (TPSA) is 78.4 Å². The molecule has 0 atom stereocenters. The average molecular weight is 291 g/mol. The Balaban J connectivity index is 2.06. The van der Waals surface area contributed by atoms with Gasteiger partial charge in [-0.2, -0.15) is 0 Å². The van der Waals surface area contributed by atoms with Crippen LogP contribution in [0.3, 0.4) is 0 Å². The SMILES string of the molecule is CC(C)(C)Nc1nccc(C(=O)N2CCN(C=O)CC2)n1. The molecule has 0 aliphatic carbocycles. The molecule has 7 nitrogen and oxygen atoms in total. The maximum Gasteiger partial charge on any atom is 0.272 e. The van der Waals surface area contributed by atoms with Crippen LogP contribution in [0.25, 0.3) is 0 Å². The molecule has 0 saturated carbocycles. The van der Waals surface area contributed by atoms with Gasteiger partial charge in [-0.15, -0.1) is 0 Å². The summed E-state index contributed by atoms with van der Waals surface area (Å²) in [6.45, 7) is 8.20. The summed E-state index contributed by atoms with van der Waals surface area (Å²) in [5.41, 5.74) is 0.202. The Morgan fingerprint density at radius 2 is 1.95 bits per heavy atom. The van der Waals surface area contributed by atoms with E-state index in [1.165, 1.54) is 0 Å². The molecule has 1 aromatic rings. The number of anilines is 1. The predicted octanol–water partition coefficient (Wildman–Crippen LogP) is 0.601. The van der Waals surface area contributed by atoms with E-state index in [9.17, 15) is 9.59 Å². The number of piperazine rings is 1. The first-order valence-electron chi connectivity index (χ1n) is 6.99. The fourth-order valence-corrected chi connectivity index (χ4v) is 2.07. The zero-order valence-corrected chi connectivity index (χ0v) is 12.7. The molecule has 21 heavy (non-hydrogen) atoms. The zero-order chi connectivity index (χ0) is 15.5. The number of hydrogen-bond donors (Lipinski definition) is 1. The summed E-state index contributed by atoms with van der Waals surface area (Å²) in [7, 11) is 0. The predicted molar refractivity (Wildman–Crippen MR) is 78.9 cm³/mol. The van der Waals surface area contributed by atoms with Crippen LogP contribution in [-0.2, 0) is 4.79 Å². The van der Waals surface area contributed by atoms with Crippen molar-refractivity contribution < 1.29 is 9.59 Å². The smallest absolute Gasteiger partial charge is 0.272 e. The van der Waals surface area contributed by atoms with Gasteiger partial charge in [0, 0.05) is 37.9 Å². The molecule has 114 valence electrons. The highest BCUT2D eigenvalue weighted by Gasteiger charge is 2.23. The first-order chi connectivity index (χ1) is 9.89. The van der Waals surface area contributed by atoms with Gasteiger partial charge in [-0.3, -0.25) is 9.59 Å². The third-order valence-corrected chi connectivity index (χ3v) is 3.11. The van der Waals surface area contributed by atoms with Crippen LogP contribution in [0.2, 0.25) is 0 Å². The molecule has 1 N–H and O–H groups in total. The summed E-state index contributed by atoms with van der Waals surface area (Å²) in [6.07, 6.45) is 2.40. The highest BCUT2D eigenvalue weighted by Crippen LogP contribution is 2.11. The van der Waals surface area contributed by atoms with E-state index < -0.39 is 0 Å². The Kier molecular flexibility index (Phi) is 4.40. The summed E-state index contributed by atoms with van der Waals surface area (Å²) < 4.78 is 0. The summed E-state index contributed by atoms with van der Waals surface area (Å²) in [6, 6.07) is 1.61. The third kappa shape index (κ3) is 4.14. The minimum Gasteiger partial charge on any atom is -0.350 e. The second-order valence-corrected chi connectivity index (χ2v) is 6.07. The molecule has 0 spiro atoms. The van der Waals surface area contributed by atoms with Gasteiger partial charge >= 0.3 is 0 Å². The molecule has 0 radical (unpaired) electrons. The van der Waals surface area contributed by atoms with E-state index in [-0.39, 0.29) is 11.4 Å². The molecular weight excluding hydrogens is 270 g/mol. The van der Waals surface area contributed by atoms with E-state index in [0.29, 0.717) is 37.8 Å². The second kappa shape index (κ2) is 6.07. The fraction of sp³-hybridized carbons (Fsp3) is 0.571. The van der Waals surface area contributed by atoms with Crippen LogP contribution >= 0.6 is 0 Å². The maximum absolute atomic E-state index is 12.4. The molecule has 1 aliphatic heterocycles.